The second kappa shape index (κ2) is 7.91. The third-order valence-corrected chi connectivity index (χ3v) is 5.50. The van der Waals surface area contributed by atoms with Crippen molar-refractivity contribution in [2.24, 2.45) is 11.7 Å². The summed E-state index contributed by atoms with van der Waals surface area (Å²) in [5.74, 6) is 0.675. The van der Waals surface area contributed by atoms with Crippen LogP contribution in [0.25, 0.3) is 0 Å². The van der Waals surface area contributed by atoms with Gasteiger partial charge in [-0.2, -0.15) is 5.10 Å². The van der Waals surface area contributed by atoms with Crippen LogP contribution in [0.4, 0.5) is 0 Å². The third kappa shape index (κ3) is 5.09. The molecule has 1 aliphatic carbocycles. The molecule has 0 radical (unpaired) electrons. The lowest BCUT2D eigenvalue weighted by Gasteiger charge is -2.21. The van der Waals surface area contributed by atoms with Gasteiger partial charge in [0.05, 0.1) is 6.20 Å². The highest BCUT2D eigenvalue weighted by Gasteiger charge is 2.18. The molecule has 0 unspecified atom stereocenters. The average molecular weight is 314 g/mol. The van der Waals surface area contributed by atoms with Crippen LogP contribution in [-0.2, 0) is 16.6 Å². The summed E-state index contributed by atoms with van der Waals surface area (Å²) in [6.07, 6.45) is 11.0. The van der Waals surface area contributed by atoms with Crippen LogP contribution in [0.15, 0.2) is 17.3 Å². The zero-order valence-electron chi connectivity index (χ0n) is 12.5. The molecule has 0 bridgehead atoms. The number of aromatic nitrogens is 2. The van der Waals surface area contributed by atoms with Crippen LogP contribution < -0.4 is 10.5 Å². The largest absolute Gasteiger partial charge is 0.330 e. The number of sulfonamides is 1. The SMILES string of the molecule is NCCCn1cc(S(=O)(=O)NCCC2CCCCC2)cn1. The molecule has 7 heteroatoms. The fraction of sp³-hybridized carbons (Fsp3) is 0.786. The van der Waals surface area contributed by atoms with E-state index in [-0.39, 0.29) is 4.90 Å². The predicted octanol–water partition coefficient (Wildman–Crippen LogP) is 1.48. The maximum atomic E-state index is 12.2. The highest BCUT2D eigenvalue weighted by atomic mass is 32.2. The first-order chi connectivity index (χ1) is 10.1. The highest BCUT2D eigenvalue weighted by Crippen LogP contribution is 2.25. The maximum Gasteiger partial charge on any atom is 0.243 e. The molecule has 0 aromatic carbocycles. The molecule has 2 rings (SSSR count). The van der Waals surface area contributed by atoms with Gasteiger partial charge >= 0.3 is 0 Å². The molecule has 6 nitrogen and oxygen atoms in total. The van der Waals surface area contributed by atoms with Gasteiger partial charge in [-0.1, -0.05) is 32.1 Å². The molecule has 0 amide bonds. The highest BCUT2D eigenvalue weighted by molar-refractivity contribution is 7.89. The summed E-state index contributed by atoms with van der Waals surface area (Å²) in [4.78, 5) is 0.239. The molecule has 1 heterocycles. The topological polar surface area (TPSA) is 90.0 Å². The minimum atomic E-state index is -3.43. The van der Waals surface area contributed by atoms with Gasteiger partial charge < -0.3 is 5.73 Å². The fourth-order valence-electron chi connectivity index (χ4n) is 2.82. The Bertz CT molecular complexity index is 521. The molecule has 1 aromatic rings. The van der Waals surface area contributed by atoms with E-state index in [1.165, 1.54) is 38.3 Å². The zero-order valence-corrected chi connectivity index (χ0v) is 13.3. The molecular formula is C14H26N4O2S. The minimum absolute atomic E-state index is 0.239. The molecule has 3 N–H and O–H groups in total. The van der Waals surface area contributed by atoms with E-state index >= 15 is 0 Å². The van der Waals surface area contributed by atoms with Crippen LogP contribution in [0.3, 0.4) is 0 Å². The van der Waals surface area contributed by atoms with E-state index in [1.54, 1.807) is 10.9 Å². The number of nitrogens with one attached hydrogen (secondary N) is 1. The smallest absolute Gasteiger partial charge is 0.243 e. The summed E-state index contributed by atoms with van der Waals surface area (Å²) in [6, 6.07) is 0. The van der Waals surface area contributed by atoms with E-state index in [9.17, 15) is 8.42 Å². The second-order valence-electron chi connectivity index (χ2n) is 5.77. The molecule has 120 valence electrons. The lowest BCUT2D eigenvalue weighted by Crippen LogP contribution is -2.26. The van der Waals surface area contributed by atoms with Crippen molar-refractivity contribution in [1.29, 1.82) is 0 Å². The average Bonchev–Trinajstić information content (AvgIpc) is 2.96. The van der Waals surface area contributed by atoms with Crippen LogP contribution in [0, 0.1) is 5.92 Å². The molecule has 1 saturated carbocycles. The van der Waals surface area contributed by atoms with Gasteiger partial charge in [0.2, 0.25) is 10.0 Å². The Morgan fingerprint density at radius 2 is 2.10 bits per heavy atom. The van der Waals surface area contributed by atoms with Gasteiger partial charge in [0.15, 0.2) is 0 Å². The zero-order chi connectivity index (χ0) is 15.1. The number of hydrogen-bond donors (Lipinski definition) is 2. The van der Waals surface area contributed by atoms with Gasteiger partial charge in [-0.05, 0) is 25.3 Å². The van der Waals surface area contributed by atoms with Crippen molar-refractivity contribution >= 4 is 10.0 Å². The van der Waals surface area contributed by atoms with Gasteiger partial charge in [-0.25, -0.2) is 13.1 Å². The molecule has 0 spiro atoms. The van der Waals surface area contributed by atoms with Gasteiger partial charge in [-0.15, -0.1) is 0 Å². The van der Waals surface area contributed by atoms with Crippen molar-refractivity contribution in [2.45, 2.75) is 56.4 Å². The molecule has 0 saturated heterocycles. The van der Waals surface area contributed by atoms with E-state index in [4.69, 9.17) is 5.73 Å². The Kier molecular flexibility index (Phi) is 6.20. The molecular weight excluding hydrogens is 288 g/mol. The Balaban J connectivity index is 1.81. The molecule has 0 atom stereocenters. The predicted molar refractivity (Wildman–Crippen MR) is 82.3 cm³/mol. The fourth-order valence-corrected chi connectivity index (χ4v) is 3.82. The van der Waals surface area contributed by atoms with Gasteiger partial charge in [0.25, 0.3) is 0 Å². The van der Waals surface area contributed by atoms with Crippen molar-refractivity contribution in [3.63, 3.8) is 0 Å². The van der Waals surface area contributed by atoms with Crippen LogP contribution in [0.1, 0.15) is 44.9 Å². The molecule has 0 aliphatic heterocycles. The molecule has 1 aromatic heterocycles. The minimum Gasteiger partial charge on any atom is -0.330 e. The first kappa shape index (κ1) is 16.5. The van der Waals surface area contributed by atoms with Crippen molar-refractivity contribution in [2.75, 3.05) is 13.1 Å². The number of nitrogens with two attached hydrogens (primary N) is 1. The van der Waals surface area contributed by atoms with E-state index < -0.39 is 10.0 Å². The van der Waals surface area contributed by atoms with E-state index in [0.717, 1.165) is 12.8 Å². The number of nitrogens with zero attached hydrogens (tertiary/aromatic N) is 2. The Hall–Kier alpha value is -0.920. The van der Waals surface area contributed by atoms with Crippen molar-refractivity contribution in [1.82, 2.24) is 14.5 Å². The van der Waals surface area contributed by atoms with Crippen molar-refractivity contribution < 1.29 is 8.42 Å². The molecule has 1 fully saturated rings. The monoisotopic (exact) mass is 314 g/mol. The van der Waals surface area contributed by atoms with E-state index in [2.05, 4.69) is 9.82 Å². The van der Waals surface area contributed by atoms with E-state index in [1.807, 2.05) is 0 Å². The second-order valence-corrected chi connectivity index (χ2v) is 7.54. The first-order valence-electron chi connectivity index (χ1n) is 7.84. The molecule has 1 aliphatic rings. The lowest BCUT2D eigenvalue weighted by molar-refractivity contribution is 0.339. The Labute approximate surface area is 127 Å². The lowest BCUT2D eigenvalue weighted by atomic mass is 9.87. The van der Waals surface area contributed by atoms with E-state index in [0.29, 0.717) is 25.6 Å². The number of hydrogen-bond acceptors (Lipinski definition) is 4. The number of rotatable bonds is 8. The van der Waals surface area contributed by atoms with Crippen molar-refractivity contribution in [3.8, 4) is 0 Å². The first-order valence-corrected chi connectivity index (χ1v) is 9.32. The van der Waals surface area contributed by atoms with Gasteiger partial charge in [-0.3, -0.25) is 4.68 Å². The normalized spacial score (nSPS) is 17.2. The Morgan fingerprint density at radius 1 is 1.33 bits per heavy atom. The van der Waals surface area contributed by atoms with Crippen LogP contribution in [0.5, 0.6) is 0 Å². The van der Waals surface area contributed by atoms with Crippen LogP contribution >= 0.6 is 0 Å². The van der Waals surface area contributed by atoms with Crippen LogP contribution in [0.2, 0.25) is 0 Å². The number of aryl methyl sites for hydroxylation is 1. The Morgan fingerprint density at radius 3 is 2.81 bits per heavy atom. The van der Waals surface area contributed by atoms with Gasteiger partial charge in [0.1, 0.15) is 4.90 Å². The molecule has 21 heavy (non-hydrogen) atoms. The summed E-state index contributed by atoms with van der Waals surface area (Å²) in [7, 11) is -3.43. The standard InChI is InChI=1S/C14H26N4O2S/c15-8-4-10-18-12-14(11-16-18)21(19,20)17-9-7-13-5-2-1-3-6-13/h11-13,17H,1-10,15H2. The summed E-state index contributed by atoms with van der Waals surface area (Å²) in [6.45, 7) is 1.73. The van der Waals surface area contributed by atoms with Crippen LogP contribution in [-0.4, -0.2) is 31.3 Å². The summed E-state index contributed by atoms with van der Waals surface area (Å²) in [5.41, 5.74) is 5.43. The maximum absolute atomic E-state index is 12.2. The summed E-state index contributed by atoms with van der Waals surface area (Å²) in [5, 5.41) is 4.06. The van der Waals surface area contributed by atoms with Crippen molar-refractivity contribution in [3.05, 3.63) is 12.4 Å². The third-order valence-electron chi connectivity index (χ3n) is 4.08. The summed E-state index contributed by atoms with van der Waals surface area (Å²) < 4.78 is 28.7. The summed E-state index contributed by atoms with van der Waals surface area (Å²) >= 11 is 0. The quantitative estimate of drug-likeness (QED) is 0.760. The van der Waals surface area contributed by atoms with Gasteiger partial charge in [0, 0.05) is 19.3 Å².